The van der Waals surface area contributed by atoms with Crippen LogP contribution in [0, 0.1) is 5.92 Å². The van der Waals surface area contributed by atoms with E-state index in [0.29, 0.717) is 11.6 Å². The number of nitrogens with two attached hydrogens (primary N) is 1. The van der Waals surface area contributed by atoms with Crippen LogP contribution in [0.25, 0.3) is 0 Å². The van der Waals surface area contributed by atoms with E-state index in [1.807, 2.05) is 30.3 Å². The standard InChI is InChI=1S/C18H23N5O2/c19-16(24)12-23-11-15(10-20-23)21-18(25)22-17(14-8-4-5-9-14)13-6-2-1-3-7-13/h1-3,6-7,10-11,14,17H,4-5,8-9,12H2,(H2,19,24)(H2,21,22,25)/t17-/m0/s1. The maximum absolute atomic E-state index is 12.4. The minimum Gasteiger partial charge on any atom is -0.368 e. The molecule has 132 valence electrons. The molecule has 4 N–H and O–H groups in total. The minimum absolute atomic E-state index is 0.00985. The summed E-state index contributed by atoms with van der Waals surface area (Å²) >= 11 is 0. The fourth-order valence-corrected chi connectivity index (χ4v) is 3.41. The van der Waals surface area contributed by atoms with E-state index in [1.165, 1.54) is 23.7 Å². The molecule has 1 aromatic heterocycles. The average Bonchev–Trinajstić information content (AvgIpc) is 3.25. The highest BCUT2D eigenvalue weighted by atomic mass is 16.2. The second-order valence-corrected chi connectivity index (χ2v) is 6.42. The van der Waals surface area contributed by atoms with Crippen molar-refractivity contribution in [3.8, 4) is 0 Å². The summed E-state index contributed by atoms with van der Waals surface area (Å²) in [6.07, 6.45) is 7.73. The molecule has 25 heavy (non-hydrogen) atoms. The van der Waals surface area contributed by atoms with Crippen molar-refractivity contribution in [1.29, 1.82) is 0 Å². The fourth-order valence-electron chi connectivity index (χ4n) is 3.41. The summed E-state index contributed by atoms with van der Waals surface area (Å²) in [6, 6.07) is 9.77. The lowest BCUT2D eigenvalue weighted by atomic mass is 9.92. The van der Waals surface area contributed by atoms with Gasteiger partial charge in [0, 0.05) is 6.20 Å². The topological polar surface area (TPSA) is 102 Å². The number of primary amides is 1. The van der Waals surface area contributed by atoms with Crippen LogP contribution in [0.3, 0.4) is 0 Å². The van der Waals surface area contributed by atoms with Crippen molar-refractivity contribution in [2.45, 2.75) is 38.3 Å². The van der Waals surface area contributed by atoms with Crippen LogP contribution < -0.4 is 16.4 Å². The molecule has 2 aromatic rings. The first-order valence-electron chi connectivity index (χ1n) is 8.55. The maximum Gasteiger partial charge on any atom is 0.319 e. The zero-order valence-corrected chi connectivity index (χ0v) is 14.0. The zero-order chi connectivity index (χ0) is 17.6. The van der Waals surface area contributed by atoms with Crippen molar-refractivity contribution >= 4 is 17.6 Å². The molecule has 1 fully saturated rings. The lowest BCUT2D eigenvalue weighted by Gasteiger charge is -2.25. The Morgan fingerprint density at radius 3 is 2.64 bits per heavy atom. The molecule has 7 heteroatoms. The van der Waals surface area contributed by atoms with Gasteiger partial charge >= 0.3 is 6.03 Å². The third-order valence-corrected chi connectivity index (χ3v) is 4.53. The van der Waals surface area contributed by atoms with Crippen molar-refractivity contribution in [2.24, 2.45) is 11.7 Å². The van der Waals surface area contributed by atoms with E-state index < -0.39 is 5.91 Å². The van der Waals surface area contributed by atoms with Gasteiger partial charge in [-0.15, -0.1) is 0 Å². The van der Waals surface area contributed by atoms with Crippen LogP contribution in [0.2, 0.25) is 0 Å². The molecule has 1 atom stereocenters. The average molecular weight is 341 g/mol. The Kier molecular flexibility index (Phi) is 5.33. The molecule has 0 bridgehead atoms. The number of urea groups is 1. The smallest absolute Gasteiger partial charge is 0.319 e. The fraction of sp³-hybridized carbons (Fsp3) is 0.389. The van der Waals surface area contributed by atoms with E-state index in [0.717, 1.165) is 18.4 Å². The summed E-state index contributed by atoms with van der Waals surface area (Å²) in [7, 11) is 0. The van der Waals surface area contributed by atoms with Gasteiger partial charge in [-0.2, -0.15) is 5.10 Å². The first-order valence-corrected chi connectivity index (χ1v) is 8.55. The van der Waals surface area contributed by atoms with Gasteiger partial charge in [0.2, 0.25) is 5.91 Å². The first-order chi connectivity index (χ1) is 12.1. The molecule has 1 aliphatic rings. The van der Waals surface area contributed by atoms with E-state index in [1.54, 1.807) is 6.20 Å². The number of nitrogens with zero attached hydrogens (tertiary/aromatic N) is 2. The van der Waals surface area contributed by atoms with Crippen LogP contribution in [0.1, 0.15) is 37.3 Å². The molecule has 7 nitrogen and oxygen atoms in total. The van der Waals surface area contributed by atoms with Gasteiger partial charge in [0.1, 0.15) is 6.54 Å². The number of nitrogens with one attached hydrogen (secondary N) is 2. The number of amides is 3. The zero-order valence-electron chi connectivity index (χ0n) is 14.0. The molecule has 3 rings (SSSR count). The van der Waals surface area contributed by atoms with Gasteiger partial charge in [-0.25, -0.2) is 4.79 Å². The monoisotopic (exact) mass is 341 g/mol. The van der Waals surface area contributed by atoms with E-state index in [4.69, 9.17) is 5.73 Å². The molecular formula is C18H23N5O2. The SMILES string of the molecule is NC(=O)Cn1cc(NC(=O)N[C@@H](c2ccccc2)C2CCCC2)cn1. The van der Waals surface area contributed by atoms with Crippen molar-refractivity contribution in [3.63, 3.8) is 0 Å². The number of hydrogen-bond acceptors (Lipinski definition) is 3. The molecule has 0 aliphatic heterocycles. The van der Waals surface area contributed by atoms with Gasteiger partial charge in [-0.05, 0) is 24.3 Å². The van der Waals surface area contributed by atoms with Gasteiger partial charge < -0.3 is 16.4 Å². The number of aromatic nitrogens is 2. The summed E-state index contributed by atoms with van der Waals surface area (Å²) in [5.41, 5.74) is 6.78. The maximum atomic E-state index is 12.4. The van der Waals surface area contributed by atoms with Crippen molar-refractivity contribution < 1.29 is 9.59 Å². The lowest BCUT2D eigenvalue weighted by Crippen LogP contribution is -2.35. The highest BCUT2D eigenvalue weighted by Crippen LogP contribution is 2.35. The third kappa shape index (κ3) is 4.59. The van der Waals surface area contributed by atoms with Crippen molar-refractivity contribution in [2.75, 3.05) is 5.32 Å². The number of anilines is 1. The molecule has 0 spiro atoms. The Morgan fingerprint density at radius 2 is 1.96 bits per heavy atom. The first kappa shape index (κ1) is 17.0. The van der Waals surface area contributed by atoms with Crippen LogP contribution >= 0.6 is 0 Å². The normalized spacial score (nSPS) is 15.7. The van der Waals surface area contributed by atoms with Crippen molar-refractivity contribution in [3.05, 3.63) is 48.3 Å². The number of rotatable bonds is 6. The molecule has 1 aliphatic carbocycles. The van der Waals surface area contributed by atoms with Crippen LogP contribution in [0.15, 0.2) is 42.7 Å². The van der Waals surface area contributed by atoms with Crippen LogP contribution in [-0.2, 0) is 11.3 Å². The van der Waals surface area contributed by atoms with E-state index >= 15 is 0 Å². The number of carbonyl (C=O) groups is 2. The Bertz CT molecular complexity index is 722. The molecule has 1 aromatic carbocycles. The molecule has 1 heterocycles. The number of benzene rings is 1. The molecule has 1 saturated carbocycles. The van der Waals surface area contributed by atoms with Crippen LogP contribution in [0.4, 0.5) is 10.5 Å². The predicted molar refractivity (Wildman–Crippen MR) is 94.7 cm³/mol. The quantitative estimate of drug-likeness (QED) is 0.752. The second-order valence-electron chi connectivity index (χ2n) is 6.42. The molecule has 0 unspecified atom stereocenters. The summed E-state index contributed by atoms with van der Waals surface area (Å²) in [4.78, 5) is 23.3. The highest BCUT2D eigenvalue weighted by molar-refractivity contribution is 5.89. The van der Waals surface area contributed by atoms with Gasteiger partial charge in [0.05, 0.1) is 17.9 Å². The highest BCUT2D eigenvalue weighted by Gasteiger charge is 2.27. The Morgan fingerprint density at radius 1 is 1.24 bits per heavy atom. The molecular weight excluding hydrogens is 318 g/mol. The summed E-state index contributed by atoms with van der Waals surface area (Å²) in [5.74, 6) is -0.0322. The van der Waals surface area contributed by atoms with E-state index in [2.05, 4.69) is 15.7 Å². The molecule has 3 amide bonds. The van der Waals surface area contributed by atoms with E-state index in [9.17, 15) is 9.59 Å². The summed E-state index contributed by atoms with van der Waals surface area (Å²) in [5, 5.41) is 9.87. The summed E-state index contributed by atoms with van der Waals surface area (Å²) in [6.45, 7) is -0.0159. The minimum atomic E-state index is -0.482. The van der Waals surface area contributed by atoms with Gasteiger partial charge in [0.25, 0.3) is 0 Å². The largest absolute Gasteiger partial charge is 0.368 e. The lowest BCUT2D eigenvalue weighted by molar-refractivity contribution is -0.118. The van der Waals surface area contributed by atoms with E-state index in [-0.39, 0.29) is 18.6 Å². The second kappa shape index (κ2) is 7.83. The van der Waals surface area contributed by atoms with Crippen LogP contribution in [-0.4, -0.2) is 21.7 Å². The van der Waals surface area contributed by atoms with Crippen LogP contribution in [0.5, 0.6) is 0 Å². The van der Waals surface area contributed by atoms with Gasteiger partial charge in [0.15, 0.2) is 0 Å². The summed E-state index contributed by atoms with van der Waals surface area (Å²) < 4.78 is 1.39. The number of hydrogen-bond donors (Lipinski definition) is 3. The third-order valence-electron chi connectivity index (χ3n) is 4.53. The Hall–Kier alpha value is -2.83. The predicted octanol–water partition coefficient (Wildman–Crippen LogP) is 2.42. The van der Waals surface area contributed by atoms with Crippen molar-refractivity contribution in [1.82, 2.24) is 15.1 Å². The molecule has 0 saturated heterocycles. The molecule has 0 radical (unpaired) electrons. The number of carbonyl (C=O) groups excluding carboxylic acids is 2. The van der Waals surface area contributed by atoms with Gasteiger partial charge in [-0.3, -0.25) is 9.48 Å². The Balaban J connectivity index is 1.66. The Labute approximate surface area is 146 Å². The van der Waals surface area contributed by atoms with Gasteiger partial charge in [-0.1, -0.05) is 43.2 Å².